The van der Waals surface area contributed by atoms with E-state index in [-0.39, 0.29) is 23.9 Å². The van der Waals surface area contributed by atoms with Crippen molar-refractivity contribution in [3.05, 3.63) is 36.0 Å². The minimum absolute atomic E-state index is 0.0404. The number of fused-ring (bicyclic) bond motifs is 1. The Labute approximate surface area is 139 Å². The predicted octanol–water partition coefficient (Wildman–Crippen LogP) is 4.34. The van der Waals surface area contributed by atoms with E-state index in [2.05, 4.69) is 19.6 Å². The molecule has 0 unspecified atom stereocenters. The van der Waals surface area contributed by atoms with Gasteiger partial charge in [0.05, 0.1) is 12.0 Å². The molecule has 0 aromatic carbocycles. The van der Waals surface area contributed by atoms with Gasteiger partial charge >= 0.3 is 5.97 Å². The van der Waals surface area contributed by atoms with E-state index in [1.54, 1.807) is 6.08 Å². The Morgan fingerprint density at radius 2 is 2.09 bits per heavy atom. The number of hydrogen-bond acceptors (Lipinski definition) is 2. The van der Waals surface area contributed by atoms with E-state index in [0.29, 0.717) is 0 Å². The molecule has 2 saturated carbocycles. The first kappa shape index (κ1) is 18.0. The molecule has 0 aromatic heterocycles. The molecule has 2 rings (SSSR count). The molecule has 0 radical (unpaired) electrons. The first-order valence-corrected chi connectivity index (χ1v) is 8.62. The van der Waals surface area contributed by atoms with Gasteiger partial charge in [0, 0.05) is 5.92 Å². The number of aliphatic hydroxyl groups excluding tert-OH is 1. The van der Waals surface area contributed by atoms with Crippen molar-refractivity contribution in [2.75, 3.05) is 6.61 Å². The Morgan fingerprint density at radius 1 is 1.39 bits per heavy atom. The Hall–Kier alpha value is -1.35. The molecule has 0 amide bonds. The van der Waals surface area contributed by atoms with E-state index in [1.165, 1.54) is 5.57 Å². The van der Waals surface area contributed by atoms with Gasteiger partial charge in [-0.15, -0.1) is 0 Å². The Bertz CT molecular complexity index is 545. The standard InChI is InChI=1S/C20H30O3/c1-14(10-13-21)6-8-16-15(2)7-9-17-19(16,3)11-5-12-20(17,4)18(22)23/h6,8,10,16-17,21H,2,5,7,9,11-13H2,1,3-4H3,(H,22,23)/b8-6+,14-10+/t16-,17+,19+,20-/m0/s1. The quantitative estimate of drug-likeness (QED) is 0.598. The van der Waals surface area contributed by atoms with E-state index in [0.717, 1.165) is 37.7 Å². The minimum atomic E-state index is -0.653. The third-order valence-corrected chi connectivity index (χ3v) is 6.33. The summed E-state index contributed by atoms with van der Waals surface area (Å²) in [6.45, 7) is 10.5. The Balaban J connectivity index is 2.37. The van der Waals surface area contributed by atoms with Crippen molar-refractivity contribution in [2.24, 2.45) is 22.7 Å². The van der Waals surface area contributed by atoms with Crippen LogP contribution in [0.4, 0.5) is 0 Å². The molecule has 2 fully saturated rings. The van der Waals surface area contributed by atoms with Gasteiger partial charge in [-0.25, -0.2) is 0 Å². The monoisotopic (exact) mass is 318 g/mol. The summed E-state index contributed by atoms with van der Waals surface area (Å²) >= 11 is 0. The molecule has 3 heteroatoms. The van der Waals surface area contributed by atoms with E-state index in [1.807, 2.05) is 19.9 Å². The molecule has 128 valence electrons. The molecule has 0 spiro atoms. The van der Waals surface area contributed by atoms with Crippen molar-refractivity contribution >= 4 is 5.97 Å². The van der Waals surface area contributed by atoms with Crippen LogP contribution in [0.15, 0.2) is 36.0 Å². The number of carbonyl (C=O) groups is 1. The number of rotatable bonds is 4. The zero-order chi connectivity index (χ0) is 17.3. The summed E-state index contributed by atoms with van der Waals surface area (Å²) in [6.07, 6.45) is 10.6. The van der Waals surface area contributed by atoms with Crippen LogP contribution in [-0.2, 0) is 4.79 Å². The highest BCUT2D eigenvalue weighted by Gasteiger charge is 2.56. The number of aliphatic carboxylic acids is 1. The molecule has 2 aliphatic rings. The molecule has 2 aliphatic carbocycles. The van der Waals surface area contributed by atoms with Crippen LogP contribution in [0.2, 0.25) is 0 Å². The molecule has 0 aliphatic heterocycles. The summed E-state index contributed by atoms with van der Waals surface area (Å²) in [4.78, 5) is 11.9. The van der Waals surface area contributed by atoms with E-state index >= 15 is 0 Å². The van der Waals surface area contributed by atoms with Crippen molar-refractivity contribution in [2.45, 2.75) is 52.9 Å². The highest BCUT2D eigenvalue weighted by Crippen LogP contribution is 2.61. The van der Waals surface area contributed by atoms with Gasteiger partial charge in [0.2, 0.25) is 0 Å². The fraction of sp³-hybridized carbons (Fsp3) is 0.650. The number of allylic oxidation sites excluding steroid dienone is 4. The summed E-state index contributed by atoms with van der Waals surface area (Å²) in [6, 6.07) is 0. The largest absolute Gasteiger partial charge is 0.481 e. The van der Waals surface area contributed by atoms with Gasteiger partial charge in [-0.2, -0.15) is 0 Å². The maximum atomic E-state index is 11.9. The lowest BCUT2D eigenvalue weighted by Gasteiger charge is -2.56. The average Bonchev–Trinajstić information content (AvgIpc) is 2.46. The van der Waals surface area contributed by atoms with Gasteiger partial charge < -0.3 is 10.2 Å². The molecular formula is C20H30O3. The summed E-state index contributed by atoms with van der Waals surface area (Å²) in [5.41, 5.74) is 1.57. The van der Waals surface area contributed by atoms with E-state index in [9.17, 15) is 9.90 Å². The number of carboxylic acid groups (broad SMARTS) is 1. The third kappa shape index (κ3) is 3.16. The van der Waals surface area contributed by atoms with Crippen molar-refractivity contribution in [3.63, 3.8) is 0 Å². The topological polar surface area (TPSA) is 57.5 Å². The van der Waals surface area contributed by atoms with Crippen LogP contribution in [0.3, 0.4) is 0 Å². The first-order chi connectivity index (χ1) is 10.8. The molecule has 4 atom stereocenters. The van der Waals surface area contributed by atoms with Gasteiger partial charge in [0.1, 0.15) is 0 Å². The van der Waals surface area contributed by atoms with Gasteiger partial charge in [0.25, 0.3) is 0 Å². The lowest BCUT2D eigenvalue weighted by molar-refractivity contribution is -0.162. The van der Waals surface area contributed by atoms with Crippen LogP contribution in [0.1, 0.15) is 52.9 Å². The van der Waals surface area contributed by atoms with Crippen LogP contribution >= 0.6 is 0 Å². The highest BCUT2D eigenvalue weighted by molar-refractivity contribution is 5.75. The number of aliphatic hydroxyl groups is 1. The second-order valence-electron chi connectivity index (χ2n) is 7.80. The van der Waals surface area contributed by atoms with Crippen LogP contribution in [0, 0.1) is 22.7 Å². The predicted molar refractivity (Wildman–Crippen MR) is 93.0 cm³/mol. The maximum absolute atomic E-state index is 11.9. The molecular weight excluding hydrogens is 288 g/mol. The zero-order valence-electron chi connectivity index (χ0n) is 14.6. The maximum Gasteiger partial charge on any atom is 0.309 e. The summed E-state index contributed by atoms with van der Waals surface area (Å²) in [5.74, 6) is -0.259. The second-order valence-corrected chi connectivity index (χ2v) is 7.80. The number of carboxylic acids is 1. The van der Waals surface area contributed by atoms with Crippen molar-refractivity contribution in [1.82, 2.24) is 0 Å². The highest BCUT2D eigenvalue weighted by atomic mass is 16.4. The third-order valence-electron chi connectivity index (χ3n) is 6.33. The fourth-order valence-electron chi connectivity index (χ4n) is 4.96. The van der Waals surface area contributed by atoms with Gasteiger partial charge in [-0.05, 0) is 50.9 Å². The SMILES string of the molecule is C=C1CC[C@@H]2[C@](C)(CCC[C@]2(C)C(=O)O)[C@H]1/C=C/C(C)=C/CO. The normalized spacial score (nSPS) is 38.6. The molecule has 0 bridgehead atoms. The molecule has 0 aromatic rings. The Morgan fingerprint density at radius 3 is 2.70 bits per heavy atom. The Kier molecular flexibility index (Phi) is 5.20. The molecule has 0 saturated heterocycles. The number of hydrogen-bond donors (Lipinski definition) is 2. The van der Waals surface area contributed by atoms with Crippen molar-refractivity contribution in [3.8, 4) is 0 Å². The second kappa shape index (κ2) is 6.64. The van der Waals surface area contributed by atoms with Crippen LogP contribution in [0.25, 0.3) is 0 Å². The first-order valence-electron chi connectivity index (χ1n) is 8.62. The van der Waals surface area contributed by atoms with Gasteiger partial charge in [0.15, 0.2) is 0 Å². The lowest BCUT2D eigenvalue weighted by atomic mass is 9.47. The van der Waals surface area contributed by atoms with E-state index in [4.69, 9.17) is 5.11 Å². The minimum Gasteiger partial charge on any atom is -0.481 e. The summed E-state index contributed by atoms with van der Waals surface area (Å²) in [5, 5.41) is 18.8. The van der Waals surface area contributed by atoms with Crippen molar-refractivity contribution < 1.29 is 15.0 Å². The van der Waals surface area contributed by atoms with Gasteiger partial charge in [-0.1, -0.05) is 49.3 Å². The van der Waals surface area contributed by atoms with Gasteiger partial charge in [-0.3, -0.25) is 4.79 Å². The lowest BCUT2D eigenvalue weighted by Crippen LogP contribution is -2.53. The summed E-state index contributed by atoms with van der Waals surface area (Å²) < 4.78 is 0. The summed E-state index contributed by atoms with van der Waals surface area (Å²) in [7, 11) is 0. The molecule has 3 nitrogen and oxygen atoms in total. The zero-order valence-corrected chi connectivity index (χ0v) is 14.6. The molecule has 2 N–H and O–H groups in total. The van der Waals surface area contributed by atoms with Crippen LogP contribution in [0.5, 0.6) is 0 Å². The van der Waals surface area contributed by atoms with Crippen molar-refractivity contribution in [1.29, 1.82) is 0 Å². The van der Waals surface area contributed by atoms with Crippen LogP contribution in [-0.4, -0.2) is 22.8 Å². The fourth-order valence-corrected chi connectivity index (χ4v) is 4.96. The van der Waals surface area contributed by atoms with Crippen LogP contribution < -0.4 is 0 Å². The smallest absolute Gasteiger partial charge is 0.309 e. The average molecular weight is 318 g/mol. The van der Waals surface area contributed by atoms with E-state index < -0.39 is 11.4 Å². The molecule has 0 heterocycles. The molecule has 23 heavy (non-hydrogen) atoms.